The molecule has 3 rings (SSSR count). The minimum atomic E-state index is -1.33. The first-order chi connectivity index (χ1) is 13.2. The highest BCUT2D eigenvalue weighted by atomic mass is 16.7. The van der Waals surface area contributed by atoms with Crippen LogP contribution in [0.2, 0.25) is 0 Å². The molecule has 1 saturated heterocycles. The number of rotatable bonds is 5. The second kappa shape index (κ2) is 7.64. The molecule has 0 saturated carbocycles. The van der Waals surface area contributed by atoms with Gasteiger partial charge in [-0.05, 0) is 63.8 Å². The first kappa shape index (κ1) is 20.5. The lowest BCUT2D eigenvalue weighted by atomic mass is 9.82. The Kier molecular flexibility index (Phi) is 5.60. The van der Waals surface area contributed by atoms with Gasteiger partial charge in [-0.3, -0.25) is 9.63 Å². The van der Waals surface area contributed by atoms with Crippen molar-refractivity contribution in [3.63, 3.8) is 0 Å². The van der Waals surface area contributed by atoms with E-state index in [0.29, 0.717) is 5.56 Å². The van der Waals surface area contributed by atoms with Gasteiger partial charge in [0.25, 0.3) is 0 Å². The maximum absolute atomic E-state index is 13.2. The Morgan fingerprint density at radius 3 is 2.18 bits per heavy atom. The highest BCUT2D eigenvalue weighted by Gasteiger charge is 2.46. The molecular weight excluding hydrogens is 354 g/mol. The minimum absolute atomic E-state index is 0.294. The molecule has 2 aromatic carbocycles. The lowest BCUT2D eigenvalue weighted by molar-refractivity contribution is -0.292. The molecule has 1 aliphatic heterocycles. The molecule has 0 N–H and O–H groups in total. The number of Topliss-reactive ketones (excluding diaryl/α,β-unsaturated/α-hetero) is 1. The molecule has 1 unspecified atom stereocenters. The molecule has 1 heterocycles. The lowest BCUT2D eigenvalue weighted by Gasteiger charge is -2.51. The second-order valence-corrected chi connectivity index (χ2v) is 8.71. The average Bonchev–Trinajstić information content (AvgIpc) is 2.65. The lowest BCUT2D eigenvalue weighted by Crippen LogP contribution is -2.60. The van der Waals surface area contributed by atoms with Crippen LogP contribution in [-0.4, -0.2) is 41.1 Å². The number of carbonyl (C=O) groups is 2. The SMILES string of the molecule is COC(=O)C(ON1C(C)(C)CCCC1(C)C)C(=O)c1ccc2ccccc2c1. The molecule has 0 radical (unpaired) electrons. The Balaban J connectivity index is 1.94. The van der Waals surface area contributed by atoms with Crippen LogP contribution < -0.4 is 0 Å². The molecule has 150 valence electrons. The van der Waals surface area contributed by atoms with Crippen molar-refractivity contribution in [3.05, 3.63) is 48.0 Å². The van der Waals surface area contributed by atoms with E-state index in [1.54, 1.807) is 12.1 Å². The Hall–Kier alpha value is -2.24. The summed E-state index contributed by atoms with van der Waals surface area (Å²) in [7, 11) is 1.28. The van der Waals surface area contributed by atoms with E-state index in [0.717, 1.165) is 30.0 Å². The van der Waals surface area contributed by atoms with Crippen LogP contribution in [-0.2, 0) is 14.4 Å². The van der Waals surface area contributed by atoms with Gasteiger partial charge in [-0.25, -0.2) is 4.79 Å². The minimum Gasteiger partial charge on any atom is -0.467 e. The Morgan fingerprint density at radius 1 is 0.964 bits per heavy atom. The van der Waals surface area contributed by atoms with E-state index in [4.69, 9.17) is 9.57 Å². The molecule has 2 aromatic rings. The first-order valence-electron chi connectivity index (χ1n) is 9.74. The number of hydrogen-bond donors (Lipinski definition) is 0. The van der Waals surface area contributed by atoms with E-state index in [1.165, 1.54) is 7.11 Å². The van der Waals surface area contributed by atoms with Gasteiger partial charge in [0.05, 0.1) is 7.11 Å². The van der Waals surface area contributed by atoms with Crippen LogP contribution in [0.5, 0.6) is 0 Å². The Labute approximate surface area is 166 Å². The first-order valence-corrected chi connectivity index (χ1v) is 9.74. The number of carbonyl (C=O) groups excluding carboxylic acids is 2. The number of hydrogen-bond acceptors (Lipinski definition) is 5. The smallest absolute Gasteiger partial charge is 0.345 e. The summed E-state index contributed by atoms with van der Waals surface area (Å²) in [4.78, 5) is 31.8. The number of piperidine rings is 1. The maximum Gasteiger partial charge on any atom is 0.345 e. The van der Waals surface area contributed by atoms with E-state index in [9.17, 15) is 9.59 Å². The summed E-state index contributed by atoms with van der Waals surface area (Å²) in [6.07, 6.45) is 1.59. The van der Waals surface area contributed by atoms with Gasteiger partial charge in [0.15, 0.2) is 0 Å². The monoisotopic (exact) mass is 383 g/mol. The molecule has 1 aliphatic rings. The van der Waals surface area contributed by atoms with Crippen molar-refractivity contribution < 1.29 is 19.2 Å². The number of ketones is 1. The van der Waals surface area contributed by atoms with Crippen LogP contribution in [0.3, 0.4) is 0 Å². The van der Waals surface area contributed by atoms with Gasteiger partial charge in [-0.15, -0.1) is 0 Å². The fourth-order valence-corrected chi connectivity index (χ4v) is 4.17. The van der Waals surface area contributed by atoms with Crippen molar-refractivity contribution in [1.29, 1.82) is 0 Å². The number of benzene rings is 2. The van der Waals surface area contributed by atoms with Crippen molar-refractivity contribution in [2.24, 2.45) is 0 Å². The third kappa shape index (κ3) is 3.96. The summed E-state index contributed by atoms with van der Waals surface area (Å²) in [5.74, 6) is -1.08. The zero-order chi connectivity index (χ0) is 20.5. The van der Waals surface area contributed by atoms with E-state index >= 15 is 0 Å². The molecule has 0 amide bonds. The van der Waals surface area contributed by atoms with Crippen LogP contribution in [0.1, 0.15) is 57.3 Å². The second-order valence-electron chi connectivity index (χ2n) is 8.71. The summed E-state index contributed by atoms with van der Waals surface area (Å²) in [5.41, 5.74) is -0.156. The molecule has 28 heavy (non-hydrogen) atoms. The number of fused-ring (bicyclic) bond motifs is 1. The molecule has 1 atom stereocenters. The number of methoxy groups -OCH3 is 1. The summed E-state index contributed by atoms with van der Waals surface area (Å²) in [5, 5.41) is 3.80. The van der Waals surface area contributed by atoms with Gasteiger partial charge >= 0.3 is 5.97 Å². The summed E-state index contributed by atoms with van der Waals surface area (Å²) >= 11 is 0. The standard InChI is InChI=1S/C23H29NO4/c1-22(2)13-8-14-23(3,4)24(22)28-20(21(26)27-5)19(25)18-12-11-16-9-6-7-10-17(16)15-18/h6-7,9-12,15,20H,8,13-14H2,1-5H3. The molecule has 0 aromatic heterocycles. The normalized spacial score (nSPS) is 19.9. The molecule has 5 heteroatoms. The zero-order valence-electron chi connectivity index (χ0n) is 17.3. The average molecular weight is 383 g/mol. The van der Waals surface area contributed by atoms with E-state index in [1.807, 2.05) is 35.4 Å². The Morgan fingerprint density at radius 2 is 1.57 bits per heavy atom. The predicted molar refractivity (Wildman–Crippen MR) is 109 cm³/mol. The van der Waals surface area contributed by atoms with Gasteiger partial charge in [-0.2, -0.15) is 5.06 Å². The van der Waals surface area contributed by atoms with Crippen molar-refractivity contribution in [3.8, 4) is 0 Å². The molecule has 0 aliphatic carbocycles. The van der Waals surface area contributed by atoms with Crippen molar-refractivity contribution >= 4 is 22.5 Å². The van der Waals surface area contributed by atoms with Crippen molar-refractivity contribution in [2.75, 3.05) is 7.11 Å². The van der Waals surface area contributed by atoms with Crippen molar-refractivity contribution in [1.82, 2.24) is 5.06 Å². The Bertz CT molecular complexity index is 871. The van der Waals surface area contributed by atoms with E-state index in [-0.39, 0.29) is 11.1 Å². The highest BCUT2D eigenvalue weighted by molar-refractivity contribution is 6.12. The van der Waals surface area contributed by atoms with Gasteiger partial charge in [0.2, 0.25) is 11.9 Å². The van der Waals surface area contributed by atoms with Crippen LogP contribution >= 0.6 is 0 Å². The zero-order valence-corrected chi connectivity index (χ0v) is 17.3. The molecular formula is C23H29NO4. The third-order valence-electron chi connectivity index (χ3n) is 5.57. The van der Waals surface area contributed by atoms with Gasteiger partial charge in [-0.1, -0.05) is 36.4 Å². The fraction of sp³-hybridized carbons (Fsp3) is 0.478. The van der Waals surface area contributed by atoms with Crippen LogP contribution in [0, 0.1) is 0 Å². The maximum atomic E-state index is 13.2. The number of esters is 1. The predicted octanol–water partition coefficient (Wildman–Crippen LogP) is 4.54. The molecule has 0 bridgehead atoms. The molecule has 0 spiro atoms. The topological polar surface area (TPSA) is 55.8 Å². The number of hydroxylamine groups is 2. The summed E-state index contributed by atoms with van der Waals surface area (Å²) in [6, 6.07) is 13.2. The highest BCUT2D eigenvalue weighted by Crippen LogP contribution is 2.39. The van der Waals surface area contributed by atoms with Crippen LogP contribution in [0.4, 0.5) is 0 Å². The van der Waals surface area contributed by atoms with Gasteiger partial charge < -0.3 is 4.74 Å². The van der Waals surface area contributed by atoms with Gasteiger partial charge in [0, 0.05) is 16.6 Å². The summed E-state index contributed by atoms with van der Waals surface area (Å²) in [6.45, 7) is 8.29. The number of nitrogens with zero attached hydrogens (tertiary/aromatic N) is 1. The summed E-state index contributed by atoms with van der Waals surface area (Å²) < 4.78 is 4.91. The quantitative estimate of drug-likeness (QED) is 0.431. The molecule has 5 nitrogen and oxygen atoms in total. The van der Waals surface area contributed by atoms with E-state index in [2.05, 4.69) is 27.7 Å². The third-order valence-corrected chi connectivity index (χ3v) is 5.57. The van der Waals surface area contributed by atoms with Gasteiger partial charge in [0.1, 0.15) is 0 Å². The van der Waals surface area contributed by atoms with Crippen LogP contribution in [0.15, 0.2) is 42.5 Å². The number of ether oxygens (including phenoxy) is 1. The van der Waals surface area contributed by atoms with Crippen molar-refractivity contribution in [2.45, 2.75) is 64.1 Å². The molecule has 1 fully saturated rings. The largest absolute Gasteiger partial charge is 0.467 e. The van der Waals surface area contributed by atoms with E-state index < -0.39 is 17.9 Å². The van der Waals surface area contributed by atoms with Crippen LogP contribution in [0.25, 0.3) is 10.8 Å². The fourth-order valence-electron chi connectivity index (χ4n) is 4.17.